The number of amidine groups is 1. The van der Waals surface area contributed by atoms with E-state index in [0.29, 0.717) is 49.5 Å². The highest BCUT2D eigenvalue weighted by molar-refractivity contribution is 6.09. The van der Waals surface area contributed by atoms with Crippen molar-refractivity contribution in [3.05, 3.63) is 46.9 Å². The molecular formula is C27H35F2N7O2. The number of aryl methyl sites for hydroxylation is 2. The first-order chi connectivity index (χ1) is 18.4. The van der Waals surface area contributed by atoms with Crippen LogP contribution in [0, 0.1) is 5.41 Å². The summed E-state index contributed by atoms with van der Waals surface area (Å²) in [5.74, 6) is 0.253. The van der Waals surface area contributed by atoms with Crippen LogP contribution in [0.3, 0.4) is 0 Å². The van der Waals surface area contributed by atoms with E-state index in [1.807, 2.05) is 11.0 Å². The monoisotopic (exact) mass is 527 g/mol. The van der Waals surface area contributed by atoms with E-state index < -0.39 is 6.43 Å². The Morgan fingerprint density at radius 3 is 2.68 bits per heavy atom. The first kappa shape index (κ1) is 26.1. The molecule has 0 radical (unpaired) electrons. The van der Waals surface area contributed by atoms with Crippen LogP contribution < -0.4 is 15.5 Å². The van der Waals surface area contributed by atoms with Crippen molar-refractivity contribution in [2.45, 2.75) is 44.6 Å². The molecule has 2 aromatic rings. The molecule has 0 unspecified atom stereocenters. The number of fused-ring (bicyclic) bond motifs is 1. The molecule has 3 aliphatic heterocycles. The SMILES string of the molecule is CNC(=O)N1CCC(NC2CCOCC2)=C(C(=N)N2CCCc3cc(-c4cnn(C)c4)c(C(F)F)cc32)C1. The average Bonchev–Trinajstić information content (AvgIpc) is 3.38. The van der Waals surface area contributed by atoms with Crippen LogP contribution >= 0.6 is 0 Å². The van der Waals surface area contributed by atoms with E-state index in [1.54, 1.807) is 42.1 Å². The number of urea groups is 1. The summed E-state index contributed by atoms with van der Waals surface area (Å²) in [4.78, 5) is 16.0. The molecule has 2 amide bonds. The van der Waals surface area contributed by atoms with Gasteiger partial charge in [-0.05, 0) is 48.9 Å². The summed E-state index contributed by atoms with van der Waals surface area (Å²) in [6, 6.07) is 3.43. The van der Waals surface area contributed by atoms with Gasteiger partial charge in [0.05, 0.1) is 12.7 Å². The van der Waals surface area contributed by atoms with E-state index in [-0.39, 0.29) is 30.0 Å². The molecule has 3 N–H and O–H groups in total. The van der Waals surface area contributed by atoms with Crippen LogP contribution in [0.5, 0.6) is 0 Å². The van der Waals surface area contributed by atoms with Crippen molar-refractivity contribution in [1.82, 2.24) is 25.3 Å². The maximum absolute atomic E-state index is 14.3. The zero-order valence-electron chi connectivity index (χ0n) is 21.9. The number of halogens is 2. The lowest BCUT2D eigenvalue weighted by atomic mass is 9.92. The number of hydrogen-bond donors (Lipinski definition) is 3. The van der Waals surface area contributed by atoms with Crippen LogP contribution in [0.2, 0.25) is 0 Å². The lowest BCUT2D eigenvalue weighted by Crippen LogP contribution is -2.48. The third-order valence-corrected chi connectivity index (χ3v) is 7.62. The van der Waals surface area contributed by atoms with Gasteiger partial charge in [-0.25, -0.2) is 13.6 Å². The van der Waals surface area contributed by atoms with Gasteiger partial charge in [0.2, 0.25) is 0 Å². The highest BCUT2D eigenvalue weighted by atomic mass is 19.3. The second kappa shape index (κ2) is 11.1. The molecule has 0 spiro atoms. The molecule has 0 atom stereocenters. The number of aromatic nitrogens is 2. The van der Waals surface area contributed by atoms with Crippen molar-refractivity contribution >= 4 is 17.6 Å². The summed E-state index contributed by atoms with van der Waals surface area (Å²) in [6.45, 7) is 2.76. The number of amides is 2. The predicted octanol–water partition coefficient (Wildman–Crippen LogP) is 3.82. The van der Waals surface area contributed by atoms with E-state index in [0.717, 1.165) is 42.5 Å². The normalized spacial score (nSPS) is 18.6. The minimum absolute atomic E-state index is 0.0679. The molecule has 204 valence electrons. The van der Waals surface area contributed by atoms with Crippen molar-refractivity contribution in [3.63, 3.8) is 0 Å². The Kier molecular flexibility index (Phi) is 7.64. The molecule has 11 heteroatoms. The third-order valence-electron chi connectivity index (χ3n) is 7.62. The van der Waals surface area contributed by atoms with Crippen LogP contribution in [0.25, 0.3) is 11.1 Å². The number of anilines is 1. The third kappa shape index (κ3) is 5.24. The fourth-order valence-electron chi connectivity index (χ4n) is 5.59. The number of alkyl halides is 2. The topological polar surface area (TPSA) is 98.5 Å². The first-order valence-corrected chi connectivity index (χ1v) is 13.2. The summed E-state index contributed by atoms with van der Waals surface area (Å²) >= 11 is 0. The zero-order valence-corrected chi connectivity index (χ0v) is 21.9. The number of ether oxygens (including phenoxy) is 1. The number of hydrogen-bond acceptors (Lipinski definition) is 5. The van der Waals surface area contributed by atoms with E-state index >= 15 is 0 Å². The summed E-state index contributed by atoms with van der Waals surface area (Å²) in [5, 5.41) is 19.8. The van der Waals surface area contributed by atoms with Gasteiger partial charge < -0.3 is 25.2 Å². The van der Waals surface area contributed by atoms with E-state index in [9.17, 15) is 19.0 Å². The number of nitrogens with one attached hydrogen (secondary N) is 3. The predicted molar refractivity (Wildman–Crippen MR) is 142 cm³/mol. The fourth-order valence-corrected chi connectivity index (χ4v) is 5.59. The molecular weight excluding hydrogens is 492 g/mol. The minimum Gasteiger partial charge on any atom is -0.385 e. The molecule has 1 saturated heterocycles. The van der Waals surface area contributed by atoms with Gasteiger partial charge in [-0.2, -0.15) is 5.10 Å². The smallest absolute Gasteiger partial charge is 0.317 e. The van der Waals surface area contributed by atoms with Gasteiger partial charge >= 0.3 is 6.03 Å². The lowest BCUT2D eigenvalue weighted by molar-refractivity contribution is 0.0798. The van der Waals surface area contributed by atoms with Crippen molar-refractivity contribution < 1.29 is 18.3 Å². The van der Waals surface area contributed by atoms with E-state index in [2.05, 4.69) is 15.7 Å². The van der Waals surface area contributed by atoms with Crippen molar-refractivity contribution in [3.8, 4) is 11.1 Å². The molecule has 9 nitrogen and oxygen atoms in total. The quantitative estimate of drug-likeness (QED) is 0.406. The molecule has 0 aliphatic carbocycles. The Hall–Kier alpha value is -3.47. The molecule has 0 saturated carbocycles. The van der Waals surface area contributed by atoms with Crippen LogP contribution in [0.1, 0.15) is 43.2 Å². The Morgan fingerprint density at radius 2 is 2.00 bits per heavy atom. The Balaban J connectivity index is 1.51. The van der Waals surface area contributed by atoms with Crippen LogP contribution in [-0.2, 0) is 18.2 Å². The van der Waals surface area contributed by atoms with Gasteiger partial charge in [0.15, 0.2) is 0 Å². The van der Waals surface area contributed by atoms with Gasteiger partial charge in [0, 0.05) is 87.1 Å². The molecule has 0 bridgehead atoms. The Bertz CT molecular complexity index is 1240. The molecule has 5 rings (SSSR count). The summed E-state index contributed by atoms with van der Waals surface area (Å²) in [7, 11) is 3.36. The molecule has 1 fully saturated rings. The van der Waals surface area contributed by atoms with Gasteiger partial charge in [-0.1, -0.05) is 0 Å². The number of nitrogens with zero attached hydrogens (tertiary/aromatic N) is 4. The first-order valence-electron chi connectivity index (χ1n) is 13.2. The van der Waals surface area contributed by atoms with E-state index in [1.165, 1.54) is 0 Å². The molecule has 1 aromatic carbocycles. The second-order valence-corrected chi connectivity index (χ2v) is 10.1. The Labute approximate surface area is 221 Å². The molecule has 3 aliphatic rings. The number of carbonyl (C=O) groups is 1. The average molecular weight is 528 g/mol. The van der Waals surface area contributed by atoms with Crippen LogP contribution in [0.15, 0.2) is 35.8 Å². The van der Waals surface area contributed by atoms with Gasteiger partial charge in [-0.3, -0.25) is 10.1 Å². The second-order valence-electron chi connectivity index (χ2n) is 10.1. The Morgan fingerprint density at radius 1 is 1.21 bits per heavy atom. The molecule has 1 aromatic heterocycles. The van der Waals surface area contributed by atoms with E-state index in [4.69, 9.17) is 4.74 Å². The number of benzene rings is 1. The number of rotatable bonds is 5. The van der Waals surface area contributed by atoms with Gasteiger partial charge in [-0.15, -0.1) is 0 Å². The highest BCUT2D eigenvalue weighted by Crippen LogP contribution is 2.39. The number of carbonyl (C=O) groups excluding carboxylic acids is 1. The maximum atomic E-state index is 14.3. The van der Waals surface area contributed by atoms with Gasteiger partial charge in [0.25, 0.3) is 6.43 Å². The summed E-state index contributed by atoms with van der Waals surface area (Å²) < 4.78 is 35.7. The van der Waals surface area contributed by atoms with Crippen LogP contribution in [-0.4, -0.2) is 72.5 Å². The molecule has 38 heavy (non-hydrogen) atoms. The fraction of sp³-hybridized carbons (Fsp3) is 0.519. The standard InChI is InChI=1S/C27H35F2N7O2/c1-31-27(37)35-9-5-23(33-19-6-10-38-11-7-19)22(16-35)26(30)36-8-3-4-17-12-20(18-14-32-34(2)15-18)21(25(28)29)13-24(17)36/h12-15,19,25,30,33H,3-11,16H2,1-2H3,(H,31,37). The van der Waals surface area contributed by atoms with Crippen molar-refractivity contribution in [2.24, 2.45) is 7.05 Å². The summed E-state index contributed by atoms with van der Waals surface area (Å²) in [5.41, 5.74) is 4.31. The highest BCUT2D eigenvalue weighted by Gasteiger charge is 2.32. The largest absolute Gasteiger partial charge is 0.385 e. The van der Waals surface area contributed by atoms with Crippen molar-refractivity contribution in [2.75, 3.05) is 44.8 Å². The van der Waals surface area contributed by atoms with Crippen molar-refractivity contribution in [1.29, 1.82) is 5.41 Å². The maximum Gasteiger partial charge on any atom is 0.317 e. The lowest BCUT2D eigenvalue weighted by Gasteiger charge is -2.38. The van der Waals surface area contributed by atoms with Gasteiger partial charge in [0.1, 0.15) is 5.84 Å². The summed E-state index contributed by atoms with van der Waals surface area (Å²) in [6.07, 6.45) is 4.57. The zero-order chi connectivity index (χ0) is 26.8. The van der Waals surface area contributed by atoms with Crippen LogP contribution in [0.4, 0.5) is 19.3 Å². The minimum atomic E-state index is -2.67. The molecule has 4 heterocycles.